The molecule has 3 aromatic heterocycles. The first-order chi connectivity index (χ1) is 19.4. The van der Waals surface area contributed by atoms with Gasteiger partial charge < -0.3 is 21.1 Å². The van der Waals surface area contributed by atoms with Gasteiger partial charge in [0.15, 0.2) is 5.82 Å². The number of carbonyl (C=O) groups is 2. The minimum atomic E-state index is -4.50. The van der Waals surface area contributed by atoms with Gasteiger partial charge in [-0.15, -0.1) is 0 Å². The Labute approximate surface area is 229 Å². The maximum absolute atomic E-state index is 14.4. The van der Waals surface area contributed by atoms with E-state index in [1.807, 2.05) is 0 Å². The number of nitrogen functional groups attached to an aromatic ring is 1. The van der Waals surface area contributed by atoms with Crippen LogP contribution in [0.15, 0.2) is 42.9 Å². The first-order valence-corrected chi connectivity index (χ1v) is 12.5. The third kappa shape index (κ3) is 6.11. The first-order valence-electron chi connectivity index (χ1n) is 12.5. The van der Waals surface area contributed by atoms with Crippen molar-refractivity contribution in [3.05, 3.63) is 48.5 Å². The molecule has 1 unspecified atom stereocenters. The van der Waals surface area contributed by atoms with Gasteiger partial charge in [-0.05, 0) is 24.6 Å². The van der Waals surface area contributed by atoms with Crippen molar-refractivity contribution in [1.82, 2.24) is 34.4 Å². The van der Waals surface area contributed by atoms with E-state index >= 15 is 0 Å². The van der Waals surface area contributed by atoms with Crippen LogP contribution in [0.1, 0.15) is 25.1 Å². The van der Waals surface area contributed by atoms with Crippen molar-refractivity contribution in [2.45, 2.75) is 50.9 Å². The predicted octanol–water partition coefficient (Wildman–Crippen LogP) is 2.47. The molecule has 4 heterocycles. The molecule has 216 valence electrons. The van der Waals surface area contributed by atoms with Crippen LogP contribution in [-0.2, 0) is 22.7 Å². The smallest absolute Gasteiger partial charge is 0.387 e. The number of carbonyl (C=O) groups excluding carboxylic acids is 2. The molecule has 0 bridgehead atoms. The standard InChI is InChI=1S/C25H25F4N9O3/c1-13(39)22-17-6-14(15-8-31-24(30)32-9-15)2-3-18(17)38(35-22)11-21(40)37-10-16(26)7-19(37)23(41)33-20-4-5-36(34-20)12-25(27,28)29/h2-6,8-9,13,16,19,39H,7,10-12H2,1H3,(H2,30,31,32)(H,33,34,41)/t13?,16-,19+/m1/s1. The number of anilines is 2. The second kappa shape index (κ2) is 10.8. The fourth-order valence-corrected chi connectivity index (χ4v) is 4.74. The molecule has 1 aromatic carbocycles. The summed E-state index contributed by atoms with van der Waals surface area (Å²) in [5, 5.41) is 21.3. The van der Waals surface area contributed by atoms with Crippen LogP contribution >= 0.6 is 0 Å². The number of nitrogens with one attached hydrogen (secondary N) is 1. The van der Waals surface area contributed by atoms with Crippen molar-refractivity contribution in [1.29, 1.82) is 0 Å². The number of aromatic nitrogens is 6. The molecule has 4 N–H and O–H groups in total. The van der Waals surface area contributed by atoms with Gasteiger partial charge >= 0.3 is 6.18 Å². The summed E-state index contributed by atoms with van der Waals surface area (Å²) in [6.07, 6.45) is -3.10. The van der Waals surface area contributed by atoms with E-state index in [2.05, 4.69) is 25.5 Å². The van der Waals surface area contributed by atoms with Gasteiger partial charge in [-0.3, -0.25) is 19.0 Å². The number of halogens is 4. The Morgan fingerprint density at radius 2 is 1.90 bits per heavy atom. The molecule has 16 heteroatoms. The summed E-state index contributed by atoms with van der Waals surface area (Å²) in [6, 6.07) is 5.20. The third-order valence-electron chi connectivity index (χ3n) is 6.57. The quantitative estimate of drug-likeness (QED) is 0.284. The summed E-state index contributed by atoms with van der Waals surface area (Å²) in [5.74, 6) is -1.42. The topological polar surface area (TPSA) is 157 Å². The maximum Gasteiger partial charge on any atom is 0.408 e. The molecule has 4 aromatic rings. The Hall–Kier alpha value is -4.60. The molecular formula is C25H25F4N9O3. The summed E-state index contributed by atoms with van der Waals surface area (Å²) < 4.78 is 54.2. The number of rotatable bonds is 7. The molecule has 0 radical (unpaired) electrons. The molecule has 5 rings (SSSR count). The van der Waals surface area contributed by atoms with Crippen molar-refractivity contribution >= 4 is 34.5 Å². The number of nitrogens with zero attached hydrogens (tertiary/aromatic N) is 7. The number of alkyl halides is 4. The van der Waals surface area contributed by atoms with E-state index in [-0.39, 0.29) is 31.3 Å². The number of aliphatic hydroxyl groups excluding tert-OH is 1. The Balaban J connectivity index is 1.35. The van der Waals surface area contributed by atoms with E-state index in [1.54, 1.807) is 30.6 Å². The van der Waals surface area contributed by atoms with Crippen molar-refractivity contribution in [3.63, 3.8) is 0 Å². The van der Waals surface area contributed by atoms with Crippen LogP contribution in [-0.4, -0.2) is 76.3 Å². The lowest BCUT2D eigenvalue weighted by atomic mass is 10.0. The van der Waals surface area contributed by atoms with Crippen molar-refractivity contribution in [3.8, 4) is 11.1 Å². The van der Waals surface area contributed by atoms with Gasteiger partial charge in [-0.25, -0.2) is 14.4 Å². The van der Waals surface area contributed by atoms with Crippen LogP contribution in [0, 0.1) is 0 Å². The van der Waals surface area contributed by atoms with Gasteiger partial charge in [-0.2, -0.15) is 23.4 Å². The Bertz CT molecular complexity index is 1580. The number of nitrogens with two attached hydrogens (primary N) is 1. The van der Waals surface area contributed by atoms with E-state index in [4.69, 9.17) is 5.73 Å². The van der Waals surface area contributed by atoms with Gasteiger partial charge in [0, 0.05) is 42.0 Å². The van der Waals surface area contributed by atoms with Crippen LogP contribution in [0.2, 0.25) is 0 Å². The Kier molecular flexibility index (Phi) is 7.33. The normalized spacial score (nSPS) is 18.1. The van der Waals surface area contributed by atoms with Crippen molar-refractivity contribution < 1.29 is 32.3 Å². The van der Waals surface area contributed by atoms with Crippen LogP contribution in [0.5, 0.6) is 0 Å². The molecule has 0 spiro atoms. The number of likely N-dealkylation sites (tertiary alicyclic amines) is 1. The van der Waals surface area contributed by atoms with Gasteiger partial charge in [0.25, 0.3) is 0 Å². The van der Waals surface area contributed by atoms with E-state index in [9.17, 15) is 32.3 Å². The minimum absolute atomic E-state index is 0.117. The van der Waals surface area contributed by atoms with Gasteiger partial charge in [0.2, 0.25) is 17.8 Å². The predicted molar refractivity (Wildman–Crippen MR) is 138 cm³/mol. The van der Waals surface area contributed by atoms with Crippen molar-refractivity contribution in [2.75, 3.05) is 17.6 Å². The summed E-state index contributed by atoms with van der Waals surface area (Å²) in [7, 11) is 0. The highest BCUT2D eigenvalue weighted by molar-refractivity contribution is 5.97. The minimum Gasteiger partial charge on any atom is -0.387 e. The van der Waals surface area contributed by atoms with Crippen LogP contribution in [0.3, 0.4) is 0 Å². The highest BCUT2D eigenvalue weighted by Crippen LogP contribution is 2.30. The molecule has 2 amide bonds. The van der Waals surface area contributed by atoms with Crippen molar-refractivity contribution in [2.24, 2.45) is 0 Å². The molecule has 1 aliphatic rings. The molecule has 3 atom stereocenters. The van der Waals surface area contributed by atoms with Crippen LogP contribution in [0.25, 0.3) is 22.0 Å². The van der Waals surface area contributed by atoms with Crippen LogP contribution < -0.4 is 11.1 Å². The number of aliphatic hydroxyl groups is 1. The summed E-state index contributed by atoms with van der Waals surface area (Å²) in [4.78, 5) is 35.3. The lowest BCUT2D eigenvalue weighted by Crippen LogP contribution is -2.44. The van der Waals surface area contributed by atoms with Gasteiger partial charge in [0.1, 0.15) is 25.3 Å². The van der Waals surface area contributed by atoms with E-state index in [0.717, 1.165) is 16.7 Å². The summed E-state index contributed by atoms with van der Waals surface area (Å²) >= 11 is 0. The number of hydrogen-bond donors (Lipinski definition) is 3. The van der Waals surface area contributed by atoms with Gasteiger partial charge in [0.05, 0.1) is 23.9 Å². The molecule has 1 aliphatic heterocycles. The number of benzene rings is 1. The second-order valence-corrected chi connectivity index (χ2v) is 9.68. The molecule has 0 aliphatic carbocycles. The summed E-state index contributed by atoms with van der Waals surface area (Å²) in [5.41, 5.74) is 7.78. The van der Waals surface area contributed by atoms with Crippen LogP contribution in [0.4, 0.5) is 29.3 Å². The molecule has 1 saturated heterocycles. The fourth-order valence-electron chi connectivity index (χ4n) is 4.74. The molecule has 12 nitrogen and oxygen atoms in total. The number of fused-ring (bicyclic) bond motifs is 1. The molecule has 41 heavy (non-hydrogen) atoms. The zero-order valence-corrected chi connectivity index (χ0v) is 21.6. The Morgan fingerprint density at radius 3 is 2.59 bits per heavy atom. The SMILES string of the molecule is CC(O)c1nn(CC(=O)N2C[C@H](F)C[C@H]2C(=O)Nc2ccn(CC(F)(F)F)n2)c2ccc(-c3cnc(N)nc3)cc12. The molecular weight excluding hydrogens is 550 g/mol. The third-order valence-corrected chi connectivity index (χ3v) is 6.57. The fraction of sp³-hybridized carbons (Fsp3) is 0.360. The van der Waals surface area contributed by atoms with E-state index < -0.39 is 42.9 Å². The Morgan fingerprint density at radius 1 is 1.17 bits per heavy atom. The summed E-state index contributed by atoms with van der Waals surface area (Å²) in [6.45, 7) is -0.518. The van der Waals surface area contributed by atoms with E-state index in [0.29, 0.717) is 26.8 Å². The average Bonchev–Trinajstić information content (AvgIpc) is 3.60. The zero-order chi connectivity index (χ0) is 29.5. The zero-order valence-electron chi connectivity index (χ0n) is 21.6. The monoisotopic (exact) mass is 575 g/mol. The first kappa shape index (κ1) is 27.9. The lowest BCUT2D eigenvalue weighted by molar-refractivity contribution is -0.142. The van der Waals surface area contributed by atoms with Gasteiger partial charge in [-0.1, -0.05) is 6.07 Å². The van der Waals surface area contributed by atoms with E-state index in [1.165, 1.54) is 17.7 Å². The highest BCUT2D eigenvalue weighted by Gasteiger charge is 2.40. The maximum atomic E-state index is 14.4. The second-order valence-electron chi connectivity index (χ2n) is 9.68. The molecule has 1 fully saturated rings. The lowest BCUT2D eigenvalue weighted by Gasteiger charge is -2.23. The number of amides is 2. The largest absolute Gasteiger partial charge is 0.408 e. The molecule has 0 saturated carbocycles. The average molecular weight is 576 g/mol. The number of hydrogen-bond acceptors (Lipinski definition) is 8. The highest BCUT2D eigenvalue weighted by atomic mass is 19.4.